The Bertz CT molecular complexity index is 840. The molecule has 1 aromatic heterocycles. The molecule has 3 heteroatoms. The Kier molecular flexibility index (Phi) is 3.86. The minimum atomic E-state index is 0.0358. The average Bonchev–Trinajstić information content (AvgIpc) is 3.04. The fourth-order valence-corrected chi connectivity index (χ4v) is 4.22. The van der Waals surface area contributed by atoms with Crippen molar-refractivity contribution >= 4 is 17.0 Å². The Balaban J connectivity index is 2.02. The molecule has 0 aliphatic carbocycles. The standard InChI is InChI=1S/C21H24O3/c1-4-13-10-16-18-17(11-23-21(18)15(13)7-6-8-22)19-12(3)9-14(5-2)20(16)24-19/h6-7,9-12,19-20,22H,4-5,8H2,1-3H3/b7-6-/t12-,19?,20?/m0/s1. The van der Waals surface area contributed by atoms with Gasteiger partial charge in [-0.05, 0) is 29.5 Å². The maximum Gasteiger partial charge on any atom is 0.142 e. The van der Waals surface area contributed by atoms with E-state index in [-0.39, 0.29) is 18.8 Å². The van der Waals surface area contributed by atoms with Gasteiger partial charge in [0.05, 0.1) is 19.0 Å². The molecule has 0 spiro atoms. The third-order valence-electron chi connectivity index (χ3n) is 5.37. The van der Waals surface area contributed by atoms with Crippen LogP contribution in [0.2, 0.25) is 0 Å². The van der Waals surface area contributed by atoms with Crippen molar-refractivity contribution in [2.24, 2.45) is 5.92 Å². The molecule has 2 bridgehead atoms. The second kappa shape index (κ2) is 5.91. The Hall–Kier alpha value is -1.84. The molecule has 3 heterocycles. The lowest BCUT2D eigenvalue weighted by Gasteiger charge is -2.38. The molecule has 4 rings (SSSR count). The van der Waals surface area contributed by atoms with Crippen molar-refractivity contribution in [3.05, 3.63) is 52.3 Å². The molecule has 3 atom stereocenters. The molecular formula is C21H24O3. The van der Waals surface area contributed by atoms with E-state index >= 15 is 0 Å². The lowest BCUT2D eigenvalue weighted by Crippen LogP contribution is -2.26. The van der Waals surface area contributed by atoms with Crippen LogP contribution < -0.4 is 0 Å². The number of fused-ring (bicyclic) bond motifs is 4. The van der Waals surface area contributed by atoms with Gasteiger partial charge in [0.2, 0.25) is 0 Å². The first kappa shape index (κ1) is 15.7. The van der Waals surface area contributed by atoms with Crippen molar-refractivity contribution in [3.8, 4) is 0 Å². The highest BCUT2D eigenvalue weighted by Crippen LogP contribution is 2.52. The van der Waals surface area contributed by atoms with E-state index in [1.165, 1.54) is 22.1 Å². The summed E-state index contributed by atoms with van der Waals surface area (Å²) in [7, 11) is 0. The fourth-order valence-electron chi connectivity index (χ4n) is 4.22. The highest BCUT2D eigenvalue weighted by molar-refractivity contribution is 5.94. The highest BCUT2D eigenvalue weighted by atomic mass is 16.5. The van der Waals surface area contributed by atoms with E-state index in [1.54, 1.807) is 6.08 Å². The number of benzene rings is 1. The predicted octanol–water partition coefficient (Wildman–Crippen LogP) is 5.10. The van der Waals surface area contributed by atoms with Gasteiger partial charge in [-0.3, -0.25) is 0 Å². The second-order valence-corrected chi connectivity index (χ2v) is 6.76. The summed E-state index contributed by atoms with van der Waals surface area (Å²) in [6.45, 7) is 6.60. The number of furan rings is 1. The first-order valence-corrected chi connectivity index (χ1v) is 8.89. The van der Waals surface area contributed by atoms with Crippen molar-refractivity contribution in [2.45, 2.75) is 45.8 Å². The molecule has 0 amide bonds. The van der Waals surface area contributed by atoms with Gasteiger partial charge in [-0.2, -0.15) is 0 Å². The van der Waals surface area contributed by atoms with Gasteiger partial charge in [-0.15, -0.1) is 0 Å². The molecule has 1 aromatic carbocycles. The summed E-state index contributed by atoms with van der Waals surface area (Å²) in [5.41, 5.74) is 7.03. The van der Waals surface area contributed by atoms with Gasteiger partial charge in [0.25, 0.3) is 0 Å². The second-order valence-electron chi connectivity index (χ2n) is 6.76. The van der Waals surface area contributed by atoms with E-state index in [4.69, 9.17) is 14.3 Å². The monoisotopic (exact) mass is 324 g/mol. The van der Waals surface area contributed by atoms with Crippen LogP contribution in [0.3, 0.4) is 0 Å². The summed E-state index contributed by atoms with van der Waals surface area (Å²) in [5, 5.41) is 10.4. The minimum Gasteiger partial charge on any atom is -0.463 e. The molecule has 2 aromatic rings. The maximum atomic E-state index is 9.17. The van der Waals surface area contributed by atoms with Crippen LogP contribution in [0, 0.1) is 5.92 Å². The number of aryl methyl sites for hydroxylation is 1. The van der Waals surface area contributed by atoms with E-state index in [0.29, 0.717) is 5.92 Å². The number of aliphatic hydroxyl groups excluding tert-OH is 1. The summed E-state index contributed by atoms with van der Waals surface area (Å²) in [6.07, 6.45) is 10.0. The molecular weight excluding hydrogens is 300 g/mol. The molecule has 2 unspecified atom stereocenters. The summed E-state index contributed by atoms with van der Waals surface area (Å²) < 4.78 is 12.5. The quantitative estimate of drug-likeness (QED) is 0.796. The zero-order valence-electron chi connectivity index (χ0n) is 14.5. The minimum absolute atomic E-state index is 0.0358. The first-order chi connectivity index (χ1) is 11.7. The average molecular weight is 324 g/mol. The molecule has 0 radical (unpaired) electrons. The highest BCUT2D eigenvalue weighted by Gasteiger charge is 2.39. The number of hydrogen-bond donors (Lipinski definition) is 1. The number of hydrogen-bond acceptors (Lipinski definition) is 3. The molecule has 2 aliphatic heterocycles. The summed E-state index contributed by atoms with van der Waals surface area (Å²) in [6, 6.07) is 2.28. The zero-order chi connectivity index (χ0) is 16.8. The SMILES string of the molecule is CCC1=C[C@H](C)C2OC1c1cc(CC)c(/C=C\CO)c3occ2c13. The molecule has 0 saturated carbocycles. The maximum absolute atomic E-state index is 9.17. The topological polar surface area (TPSA) is 42.6 Å². The smallest absolute Gasteiger partial charge is 0.142 e. The van der Waals surface area contributed by atoms with Crippen LogP contribution in [0.4, 0.5) is 0 Å². The normalized spacial score (nSPS) is 25.5. The number of ether oxygens (including phenoxy) is 1. The molecule has 24 heavy (non-hydrogen) atoms. The third-order valence-corrected chi connectivity index (χ3v) is 5.37. The zero-order valence-corrected chi connectivity index (χ0v) is 14.5. The Morgan fingerprint density at radius 2 is 2.04 bits per heavy atom. The van der Waals surface area contributed by atoms with E-state index in [2.05, 4.69) is 32.9 Å². The lowest BCUT2D eigenvalue weighted by molar-refractivity contribution is -0.0333. The van der Waals surface area contributed by atoms with Crippen molar-refractivity contribution < 1.29 is 14.3 Å². The largest absolute Gasteiger partial charge is 0.463 e. The van der Waals surface area contributed by atoms with Crippen molar-refractivity contribution in [2.75, 3.05) is 6.61 Å². The summed E-state index contributed by atoms with van der Waals surface area (Å²) >= 11 is 0. The number of rotatable bonds is 4. The molecule has 0 saturated heterocycles. The van der Waals surface area contributed by atoms with Gasteiger partial charge in [0.1, 0.15) is 11.7 Å². The van der Waals surface area contributed by atoms with Gasteiger partial charge in [-0.1, -0.05) is 45.1 Å². The van der Waals surface area contributed by atoms with E-state index in [1.807, 2.05) is 12.3 Å². The lowest BCUT2D eigenvalue weighted by atomic mass is 9.80. The Morgan fingerprint density at radius 3 is 2.75 bits per heavy atom. The van der Waals surface area contributed by atoms with Crippen LogP contribution in [-0.2, 0) is 11.2 Å². The Morgan fingerprint density at radius 1 is 1.21 bits per heavy atom. The third kappa shape index (κ3) is 2.11. The van der Waals surface area contributed by atoms with Gasteiger partial charge < -0.3 is 14.3 Å². The summed E-state index contributed by atoms with van der Waals surface area (Å²) in [4.78, 5) is 0. The van der Waals surface area contributed by atoms with Crippen LogP contribution in [0.25, 0.3) is 17.0 Å². The van der Waals surface area contributed by atoms with Crippen molar-refractivity contribution in [1.29, 1.82) is 0 Å². The van der Waals surface area contributed by atoms with E-state index in [0.717, 1.165) is 29.6 Å². The summed E-state index contributed by atoms with van der Waals surface area (Å²) in [5.74, 6) is 0.354. The van der Waals surface area contributed by atoms with Crippen molar-refractivity contribution in [3.63, 3.8) is 0 Å². The van der Waals surface area contributed by atoms with Gasteiger partial charge in [0.15, 0.2) is 0 Å². The number of aliphatic hydroxyl groups is 1. The van der Waals surface area contributed by atoms with Crippen LogP contribution >= 0.6 is 0 Å². The van der Waals surface area contributed by atoms with E-state index in [9.17, 15) is 0 Å². The van der Waals surface area contributed by atoms with Crippen LogP contribution in [0.5, 0.6) is 0 Å². The van der Waals surface area contributed by atoms with Gasteiger partial charge in [0, 0.05) is 22.4 Å². The first-order valence-electron chi connectivity index (χ1n) is 8.89. The molecule has 1 N–H and O–H groups in total. The van der Waals surface area contributed by atoms with Crippen LogP contribution in [-0.4, -0.2) is 11.7 Å². The Labute approximate surface area is 142 Å². The van der Waals surface area contributed by atoms with Gasteiger partial charge in [-0.25, -0.2) is 0 Å². The van der Waals surface area contributed by atoms with Crippen LogP contribution in [0.1, 0.15) is 61.7 Å². The predicted molar refractivity (Wildman–Crippen MR) is 95.8 cm³/mol. The molecule has 0 fully saturated rings. The van der Waals surface area contributed by atoms with E-state index < -0.39 is 0 Å². The van der Waals surface area contributed by atoms with Crippen molar-refractivity contribution in [1.82, 2.24) is 0 Å². The molecule has 3 nitrogen and oxygen atoms in total. The van der Waals surface area contributed by atoms with Crippen LogP contribution in [0.15, 0.2) is 34.5 Å². The molecule has 2 aliphatic rings. The van der Waals surface area contributed by atoms with Gasteiger partial charge >= 0.3 is 0 Å². The molecule has 126 valence electrons. The fraction of sp³-hybridized carbons (Fsp3) is 0.429.